The van der Waals surface area contributed by atoms with Crippen molar-refractivity contribution in [2.75, 3.05) is 0 Å². The molecule has 1 fully saturated rings. The highest BCUT2D eigenvalue weighted by molar-refractivity contribution is 5.12. The molecule has 0 amide bonds. The standard InChI is InChI=1S/C10H15N2/c1-3-10-8(2)11-7-12(10)6-9-4-5-9/h7,9H,1,3-6H2,2H3. The molecule has 1 radical (unpaired) electrons. The van der Waals surface area contributed by atoms with E-state index in [-0.39, 0.29) is 0 Å². The number of aromatic nitrogens is 2. The molecule has 0 aliphatic heterocycles. The van der Waals surface area contributed by atoms with E-state index in [4.69, 9.17) is 0 Å². The molecule has 65 valence electrons. The zero-order valence-corrected chi connectivity index (χ0v) is 7.58. The van der Waals surface area contributed by atoms with Crippen molar-refractivity contribution in [1.29, 1.82) is 0 Å². The summed E-state index contributed by atoms with van der Waals surface area (Å²) in [6.45, 7) is 7.13. The third-order valence-electron chi connectivity index (χ3n) is 2.54. The SMILES string of the molecule is [CH2]Cc1c(C)ncn1CC1CC1. The van der Waals surface area contributed by atoms with Crippen LogP contribution >= 0.6 is 0 Å². The van der Waals surface area contributed by atoms with Crippen LogP contribution in [0.1, 0.15) is 24.2 Å². The molecule has 0 unspecified atom stereocenters. The minimum Gasteiger partial charge on any atom is -0.334 e. The fourth-order valence-corrected chi connectivity index (χ4v) is 1.57. The molecule has 0 aromatic carbocycles. The largest absolute Gasteiger partial charge is 0.334 e. The van der Waals surface area contributed by atoms with Gasteiger partial charge >= 0.3 is 0 Å². The highest BCUT2D eigenvalue weighted by atomic mass is 15.1. The Hall–Kier alpha value is -0.790. The van der Waals surface area contributed by atoms with Crippen LogP contribution < -0.4 is 0 Å². The van der Waals surface area contributed by atoms with Crippen molar-refractivity contribution in [3.63, 3.8) is 0 Å². The summed E-state index contributed by atoms with van der Waals surface area (Å²) in [6, 6.07) is 0. The fraction of sp³-hybridized carbons (Fsp3) is 0.600. The van der Waals surface area contributed by atoms with Crippen molar-refractivity contribution in [1.82, 2.24) is 9.55 Å². The van der Waals surface area contributed by atoms with E-state index >= 15 is 0 Å². The normalized spacial score (nSPS) is 16.8. The number of nitrogens with zero attached hydrogens (tertiary/aromatic N) is 2. The van der Waals surface area contributed by atoms with Gasteiger partial charge in [-0.25, -0.2) is 4.98 Å². The lowest BCUT2D eigenvalue weighted by Gasteiger charge is -2.05. The van der Waals surface area contributed by atoms with Crippen LogP contribution in [0.3, 0.4) is 0 Å². The summed E-state index contributed by atoms with van der Waals surface area (Å²) in [6.07, 6.45) is 5.61. The Morgan fingerprint density at radius 2 is 2.42 bits per heavy atom. The minimum atomic E-state index is 0.860. The van der Waals surface area contributed by atoms with Gasteiger partial charge in [-0.3, -0.25) is 0 Å². The van der Waals surface area contributed by atoms with Crippen molar-refractivity contribution in [2.24, 2.45) is 5.92 Å². The Labute approximate surface area is 73.6 Å². The summed E-state index contributed by atoms with van der Waals surface area (Å²) in [5.41, 5.74) is 2.45. The molecular weight excluding hydrogens is 148 g/mol. The maximum atomic E-state index is 4.29. The number of rotatable bonds is 3. The van der Waals surface area contributed by atoms with E-state index in [1.165, 1.54) is 18.5 Å². The summed E-state index contributed by atoms with van der Waals surface area (Å²) in [7, 11) is 0. The molecule has 2 rings (SSSR count). The number of hydrogen-bond acceptors (Lipinski definition) is 1. The molecule has 0 N–H and O–H groups in total. The first-order valence-corrected chi connectivity index (χ1v) is 4.61. The van der Waals surface area contributed by atoms with Gasteiger partial charge < -0.3 is 4.57 Å². The second-order valence-corrected chi connectivity index (χ2v) is 3.62. The van der Waals surface area contributed by atoms with Crippen molar-refractivity contribution >= 4 is 0 Å². The Morgan fingerprint density at radius 1 is 1.67 bits per heavy atom. The second kappa shape index (κ2) is 2.92. The average Bonchev–Trinajstić information content (AvgIpc) is 2.78. The van der Waals surface area contributed by atoms with E-state index in [9.17, 15) is 0 Å². The summed E-state index contributed by atoms with van der Waals surface area (Å²) >= 11 is 0. The summed E-state index contributed by atoms with van der Waals surface area (Å²) in [4.78, 5) is 4.29. The van der Waals surface area contributed by atoms with Crippen LogP contribution in [0, 0.1) is 19.8 Å². The van der Waals surface area contributed by atoms with Gasteiger partial charge in [0.25, 0.3) is 0 Å². The van der Waals surface area contributed by atoms with Crippen LogP contribution in [0.15, 0.2) is 6.33 Å². The lowest BCUT2D eigenvalue weighted by molar-refractivity contribution is 0.607. The molecule has 1 aromatic heterocycles. The first kappa shape index (κ1) is 7.84. The molecule has 2 nitrogen and oxygen atoms in total. The van der Waals surface area contributed by atoms with Crippen LogP contribution in [0.4, 0.5) is 0 Å². The van der Waals surface area contributed by atoms with Gasteiger partial charge in [0.1, 0.15) is 0 Å². The topological polar surface area (TPSA) is 17.8 Å². The molecule has 0 atom stereocenters. The third kappa shape index (κ3) is 1.38. The summed E-state index contributed by atoms with van der Waals surface area (Å²) in [5, 5.41) is 0. The van der Waals surface area contributed by atoms with E-state index in [2.05, 4.69) is 23.4 Å². The van der Waals surface area contributed by atoms with Gasteiger partial charge in [-0.2, -0.15) is 0 Å². The first-order chi connectivity index (χ1) is 5.81. The molecule has 12 heavy (non-hydrogen) atoms. The van der Waals surface area contributed by atoms with Crippen LogP contribution in [0.5, 0.6) is 0 Å². The van der Waals surface area contributed by atoms with E-state index < -0.39 is 0 Å². The second-order valence-electron chi connectivity index (χ2n) is 3.62. The van der Waals surface area contributed by atoms with E-state index in [1.807, 2.05) is 6.33 Å². The molecule has 1 aromatic rings. The highest BCUT2D eigenvalue weighted by Gasteiger charge is 2.22. The molecular formula is C10H15N2. The van der Waals surface area contributed by atoms with Crippen molar-refractivity contribution < 1.29 is 0 Å². The van der Waals surface area contributed by atoms with Gasteiger partial charge in [0.05, 0.1) is 12.0 Å². The number of imidazole rings is 1. The zero-order chi connectivity index (χ0) is 8.55. The van der Waals surface area contributed by atoms with Gasteiger partial charge in [-0.1, -0.05) is 0 Å². The summed E-state index contributed by atoms with van der Waals surface area (Å²) < 4.78 is 2.26. The zero-order valence-electron chi connectivity index (χ0n) is 7.58. The Balaban J connectivity index is 2.16. The third-order valence-corrected chi connectivity index (χ3v) is 2.54. The average molecular weight is 163 g/mol. The van der Waals surface area contributed by atoms with E-state index in [0.29, 0.717) is 0 Å². The van der Waals surface area contributed by atoms with Crippen LogP contribution in [-0.2, 0) is 13.0 Å². The maximum absolute atomic E-state index is 4.29. The predicted molar refractivity (Wildman–Crippen MR) is 48.7 cm³/mol. The Bertz CT molecular complexity index is 271. The minimum absolute atomic E-state index is 0.860. The van der Waals surface area contributed by atoms with Gasteiger partial charge in [-0.15, -0.1) is 0 Å². The van der Waals surface area contributed by atoms with Gasteiger partial charge in [-0.05, 0) is 39.0 Å². The molecule has 0 saturated heterocycles. The molecule has 2 heteroatoms. The molecule has 0 spiro atoms. The van der Waals surface area contributed by atoms with Crippen molar-refractivity contribution in [2.45, 2.75) is 32.7 Å². The van der Waals surface area contributed by atoms with Gasteiger partial charge in [0.15, 0.2) is 0 Å². The quantitative estimate of drug-likeness (QED) is 0.666. The lowest BCUT2D eigenvalue weighted by atomic mass is 10.2. The lowest BCUT2D eigenvalue weighted by Crippen LogP contribution is -2.03. The van der Waals surface area contributed by atoms with E-state index in [1.54, 1.807) is 0 Å². The van der Waals surface area contributed by atoms with Crippen molar-refractivity contribution in [3.05, 3.63) is 24.6 Å². The van der Waals surface area contributed by atoms with Gasteiger partial charge in [0.2, 0.25) is 0 Å². The molecule has 1 heterocycles. The van der Waals surface area contributed by atoms with Crippen LogP contribution in [-0.4, -0.2) is 9.55 Å². The molecule has 1 aliphatic rings. The molecule has 0 bridgehead atoms. The van der Waals surface area contributed by atoms with Crippen LogP contribution in [0.25, 0.3) is 0 Å². The molecule has 1 saturated carbocycles. The first-order valence-electron chi connectivity index (χ1n) is 4.61. The Morgan fingerprint density at radius 3 is 3.00 bits per heavy atom. The fourth-order valence-electron chi connectivity index (χ4n) is 1.57. The van der Waals surface area contributed by atoms with Crippen LogP contribution in [0.2, 0.25) is 0 Å². The monoisotopic (exact) mass is 163 g/mol. The highest BCUT2D eigenvalue weighted by Crippen LogP contribution is 2.31. The van der Waals surface area contributed by atoms with E-state index in [0.717, 1.165) is 24.6 Å². The van der Waals surface area contributed by atoms with Crippen molar-refractivity contribution in [3.8, 4) is 0 Å². The molecule has 1 aliphatic carbocycles. The van der Waals surface area contributed by atoms with Gasteiger partial charge in [0, 0.05) is 12.2 Å². The number of hydrogen-bond donors (Lipinski definition) is 0. The summed E-state index contributed by atoms with van der Waals surface area (Å²) in [5.74, 6) is 0.920. The smallest absolute Gasteiger partial charge is 0.0951 e. The number of aryl methyl sites for hydroxylation is 1. The maximum Gasteiger partial charge on any atom is 0.0951 e. The predicted octanol–water partition coefficient (Wildman–Crippen LogP) is 1.98. The Kier molecular flexibility index (Phi) is 1.91.